The topological polar surface area (TPSA) is 15.8 Å². The van der Waals surface area contributed by atoms with Gasteiger partial charge in [0.2, 0.25) is 0 Å². The second-order valence-corrected chi connectivity index (χ2v) is 4.95. The molecule has 1 aromatic heterocycles. The Bertz CT molecular complexity index is 414. The molecule has 0 fully saturated rings. The van der Waals surface area contributed by atoms with E-state index in [1.807, 2.05) is 0 Å². The lowest BCUT2D eigenvalue weighted by atomic mass is 10.1. The molecule has 0 radical (unpaired) electrons. The van der Waals surface area contributed by atoms with Crippen molar-refractivity contribution in [1.29, 1.82) is 0 Å². The van der Waals surface area contributed by atoms with Crippen LogP contribution in [0.25, 0.3) is 10.9 Å². The lowest BCUT2D eigenvalue weighted by Gasteiger charge is -2.07. The number of hydrogen-bond donors (Lipinski definition) is 2. The van der Waals surface area contributed by atoms with Crippen molar-refractivity contribution >= 4 is 23.5 Å². The number of nitrogens with one attached hydrogen (secondary N) is 1. The maximum Gasteiger partial charge on any atom is 0.0456 e. The van der Waals surface area contributed by atoms with E-state index in [4.69, 9.17) is 0 Å². The van der Waals surface area contributed by atoms with Gasteiger partial charge in [-0.05, 0) is 23.9 Å². The summed E-state index contributed by atoms with van der Waals surface area (Å²) in [6.45, 7) is 2.23. The highest BCUT2D eigenvalue weighted by molar-refractivity contribution is 7.80. The van der Waals surface area contributed by atoms with E-state index in [0.29, 0.717) is 5.25 Å². The van der Waals surface area contributed by atoms with Gasteiger partial charge in [0, 0.05) is 16.5 Å². The summed E-state index contributed by atoms with van der Waals surface area (Å²) in [5.74, 6) is 0. The summed E-state index contributed by atoms with van der Waals surface area (Å²) in [5.41, 5.74) is 2.47. The van der Waals surface area contributed by atoms with E-state index in [1.165, 1.54) is 35.9 Å². The highest BCUT2D eigenvalue weighted by Crippen LogP contribution is 2.28. The number of aromatic nitrogens is 1. The molecule has 0 aliphatic rings. The molecule has 2 aromatic rings. The van der Waals surface area contributed by atoms with Gasteiger partial charge >= 0.3 is 0 Å². The first-order chi connectivity index (χ1) is 7.81. The molecule has 16 heavy (non-hydrogen) atoms. The van der Waals surface area contributed by atoms with E-state index < -0.39 is 0 Å². The van der Waals surface area contributed by atoms with E-state index in [0.717, 1.165) is 6.42 Å². The summed E-state index contributed by atoms with van der Waals surface area (Å²) in [6.07, 6.45) is 4.99. The number of hydrogen-bond acceptors (Lipinski definition) is 1. The Kier molecular flexibility index (Phi) is 3.94. The monoisotopic (exact) mass is 233 g/mol. The highest BCUT2D eigenvalue weighted by atomic mass is 32.1. The van der Waals surface area contributed by atoms with Crippen molar-refractivity contribution in [2.24, 2.45) is 0 Å². The largest absolute Gasteiger partial charge is 0.357 e. The Labute approximate surface area is 103 Å². The van der Waals surface area contributed by atoms with E-state index >= 15 is 0 Å². The lowest BCUT2D eigenvalue weighted by molar-refractivity contribution is 0.656. The molecule has 1 nitrogen and oxygen atoms in total. The number of H-pyrrole nitrogens is 1. The van der Waals surface area contributed by atoms with E-state index in [-0.39, 0.29) is 0 Å². The van der Waals surface area contributed by atoms with Gasteiger partial charge in [0.25, 0.3) is 0 Å². The van der Waals surface area contributed by atoms with Crippen molar-refractivity contribution in [3.05, 3.63) is 36.0 Å². The molecule has 0 saturated carbocycles. The molecule has 1 atom stereocenters. The molecule has 0 amide bonds. The van der Waals surface area contributed by atoms with Crippen LogP contribution in [0.1, 0.15) is 43.6 Å². The van der Waals surface area contributed by atoms with Gasteiger partial charge in [-0.3, -0.25) is 0 Å². The molecule has 0 spiro atoms. The van der Waals surface area contributed by atoms with Crippen LogP contribution in [0.5, 0.6) is 0 Å². The number of benzene rings is 1. The van der Waals surface area contributed by atoms with Crippen molar-refractivity contribution in [3.63, 3.8) is 0 Å². The Morgan fingerprint density at radius 1 is 1.25 bits per heavy atom. The third-order valence-corrected chi connectivity index (χ3v) is 3.53. The Morgan fingerprint density at radius 3 is 2.81 bits per heavy atom. The molecular formula is C14H19NS. The van der Waals surface area contributed by atoms with Gasteiger partial charge in [-0.15, -0.1) is 0 Å². The van der Waals surface area contributed by atoms with E-state index in [9.17, 15) is 0 Å². The minimum atomic E-state index is 0.346. The Balaban J connectivity index is 2.07. The van der Waals surface area contributed by atoms with Gasteiger partial charge in [-0.25, -0.2) is 0 Å². The van der Waals surface area contributed by atoms with Gasteiger partial charge in [0.1, 0.15) is 0 Å². The number of thiol groups is 1. The third-order valence-electron chi connectivity index (χ3n) is 2.99. The fourth-order valence-electron chi connectivity index (χ4n) is 2.02. The molecule has 0 saturated heterocycles. The summed E-state index contributed by atoms with van der Waals surface area (Å²) in [7, 11) is 0. The average Bonchev–Trinajstić information content (AvgIpc) is 2.73. The van der Waals surface area contributed by atoms with Crippen LogP contribution in [-0.2, 0) is 0 Å². The number of para-hydroxylation sites is 1. The predicted molar refractivity (Wildman–Crippen MR) is 74.2 cm³/mol. The minimum Gasteiger partial charge on any atom is -0.357 e. The molecule has 0 aliphatic carbocycles. The van der Waals surface area contributed by atoms with Gasteiger partial charge in [-0.2, -0.15) is 12.6 Å². The first-order valence-electron chi connectivity index (χ1n) is 6.07. The molecular weight excluding hydrogens is 214 g/mol. The number of rotatable bonds is 5. The minimum absolute atomic E-state index is 0.346. The van der Waals surface area contributed by atoms with Crippen LogP contribution in [0.3, 0.4) is 0 Å². The van der Waals surface area contributed by atoms with Gasteiger partial charge in [0.15, 0.2) is 0 Å². The highest BCUT2D eigenvalue weighted by Gasteiger charge is 2.08. The van der Waals surface area contributed by atoms with Crippen LogP contribution in [0, 0.1) is 0 Å². The summed E-state index contributed by atoms with van der Waals surface area (Å²) >= 11 is 4.67. The first-order valence-corrected chi connectivity index (χ1v) is 6.58. The lowest BCUT2D eigenvalue weighted by Crippen LogP contribution is -1.90. The zero-order valence-electron chi connectivity index (χ0n) is 9.74. The Hall–Kier alpha value is -0.890. The SMILES string of the molecule is CCCCCC(S)c1cc2ccccc2[nH]1. The number of unbranched alkanes of at least 4 members (excludes halogenated alkanes) is 2. The molecule has 1 heterocycles. The van der Waals surface area contributed by atoms with Crippen molar-refractivity contribution < 1.29 is 0 Å². The van der Waals surface area contributed by atoms with E-state index in [2.05, 4.69) is 54.9 Å². The molecule has 1 unspecified atom stereocenters. The van der Waals surface area contributed by atoms with Gasteiger partial charge < -0.3 is 4.98 Å². The van der Waals surface area contributed by atoms with Crippen molar-refractivity contribution in [2.75, 3.05) is 0 Å². The molecule has 2 heteroatoms. The quantitative estimate of drug-likeness (QED) is 0.549. The number of aromatic amines is 1. The molecule has 2 rings (SSSR count). The van der Waals surface area contributed by atoms with Crippen LogP contribution < -0.4 is 0 Å². The van der Waals surface area contributed by atoms with Crippen LogP contribution in [-0.4, -0.2) is 4.98 Å². The Morgan fingerprint density at radius 2 is 2.06 bits per heavy atom. The summed E-state index contributed by atoms with van der Waals surface area (Å²) in [6, 6.07) is 10.6. The van der Waals surface area contributed by atoms with E-state index in [1.54, 1.807) is 0 Å². The summed E-state index contributed by atoms with van der Waals surface area (Å²) in [5, 5.41) is 1.63. The van der Waals surface area contributed by atoms with Crippen LogP contribution in [0.2, 0.25) is 0 Å². The summed E-state index contributed by atoms with van der Waals surface area (Å²) < 4.78 is 0. The van der Waals surface area contributed by atoms with Crippen LogP contribution >= 0.6 is 12.6 Å². The van der Waals surface area contributed by atoms with Crippen molar-refractivity contribution in [2.45, 2.75) is 37.9 Å². The van der Waals surface area contributed by atoms with Crippen LogP contribution in [0.15, 0.2) is 30.3 Å². The normalized spacial score (nSPS) is 13.1. The smallest absolute Gasteiger partial charge is 0.0456 e. The molecule has 0 aliphatic heterocycles. The molecule has 1 aromatic carbocycles. The summed E-state index contributed by atoms with van der Waals surface area (Å²) in [4.78, 5) is 3.45. The second kappa shape index (κ2) is 5.44. The average molecular weight is 233 g/mol. The third kappa shape index (κ3) is 2.62. The van der Waals surface area contributed by atoms with Crippen molar-refractivity contribution in [3.8, 4) is 0 Å². The first kappa shape index (κ1) is 11.6. The zero-order chi connectivity index (χ0) is 11.4. The standard InChI is InChI=1S/C14H19NS/c1-2-3-4-9-14(16)13-10-11-7-5-6-8-12(11)15-13/h5-8,10,14-16H,2-4,9H2,1H3. The fraction of sp³-hybridized carbons (Fsp3) is 0.429. The van der Waals surface area contributed by atoms with Gasteiger partial charge in [0.05, 0.1) is 0 Å². The fourth-order valence-corrected chi connectivity index (χ4v) is 2.34. The van der Waals surface area contributed by atoms with Crippen molar-refractivity contribution in [1.82, 2.24) is 4.98 Å². The molecule has 0 bridgehead atoms. The maximum absolute atomic E-state index is 4.67. The zero-order valence-corrected chi connectivity index (χ0v) is 10.6. The second-order valence-electron chi connectivity index (χ2n) is 4.32. The molecule has 1 N–H and O–H groups in total. The molecule has 86 valence electrons. The van der Waals surface area contributed by atoms with Gasteiger partial charge in [-0.1, -0.05) is 44.4 Å². The van der Waals surface area contributed by atoms with Crippen LogP contribution in [0.4, 0.5) is 0 Å². The maximum atomic E-state index is 4.67. The number of fused-ring (bicyclic) bond motifs is 1. The predicted octanol–water partition coefficient (Wildman–Crippen LogP) is 4.72.